The van der Waals surface area contributed by atoms with Crippen molar-refractivity contribution >= 4 is 65.2 Å². The van der Waals surface area contributed by atoms with Gasteiger partial charge >= 0.3 is 12.1 Å². The van der Waals surface area contributed by atoms with Gasteiger partial charge in [-0.05, 0) is 62.4 Å². The summed E-state index contributed by atoms with van der Waals surface area (Å²) >= 11 is 0.971. The predicted octanol–water partition coefficient (Wildman–Crippen LogP) is 3.47. The van der Waals surface area contributed by atoms with Gasteiger partial charge in [-0.1, -0.05) is 51.1 Å². The summed E-state index contributed by atoms with van der Waals surface area (Å²) in [6.07, 6.45) is 2.37. The van der Waals surface area contributed by atoms with Crippen molar-refractivity contribution in [2.75, 3.05) is 90.5 Å². The lowest BCUT2D eigenvalue weighted by Gasteiger charge is -2.41. The molecule has 23 nitrogen and oxygen atoms in total. The largest absolute Gasteiger partial charge is 0.480 e. The van der Waals surface area contributed by atoms with Gasteiger partial charge in [0.25, 0.3) is 11.8 Å². The average molecular weight is 1170 g/mol. The van der Waals surface area contributed by atoms with Crippen LogP contribution in [0, 0.1) is 17.0 Å². The zero-order chi connectivity index (χ0) is 60.4. The van der Waals surface area contributed by atoms with E-state index in [1.807, 2.05) is 55.7 Å². The molecule has 4 rings (SSSR count). The number of carboxylic acids is 1. The monoisotopic (exact) mass is 1170 g/mol. The summed E-state index contributed by atoms with van der Waals surface area (Å²) < 4.78 is 59.0. The number of rotatable bonds is 36. The third-order valence-electron chi connectivity index (χ3n) is 11.9. The molecule has 0 bridgehead atoms. The molecule has 3 aromatic rings. The third kappa shape index (κ3) is 24.1. The molecular weight excluding hydrogens is 1090 g/mol. The molecule has 0 radical (unpaired) electrons. The molecule has 1 aromatic heterocycles. The van der Waals surface area contributed by atoms with E-state index in [4.69, 9.17) is 29.4 Å². The number of amides is 8. The van der Waals surface area contributed by atoms with Crippen molar-refractivity contribution in [2.24, 2.45) is 11.1 Å². The van der Waals surface area contributed by atoms with E-state index >= 15 is 4.39 Å². The first-order valence-corrected chi connectivity index (χ1v) is 27.7. The SMILES string of the molecule is CC(C)(C)OC(=O)NC(CC(N)=O)C(=O)NCCCN(C(=O)CSCC(NC(=O)CCOCCOCCOCCOCCNC(=O)CN1C(=O)C=CC1=O)C(=O)O)C(c1cc(-c2cc(F)ccc2F)cn1Cc1ccccc1)C(C)(C)C. The number of carbonyl (C=O) groups is 9. The number of hydrogen-bond donors (Lipinski definition) is 6. The maximum atomic E-state index is 15.4. The van der Waals surface area contributed by atoms with Crippen LogP contribution in [0.4, 0.5) is 13.6 Å². The Morgan fingerprint density at radius 3 is 1.98 bits per heavy atom. The summed E-state index contributed by atoms with van der Waals surface area (Å²) in [7, 11) is 0. The summed E-state index contributed by atoms with van der Waals surface area (Å²) in [5, 5.41) is 20.2. The number of nitrogens with two attached hydrogens (primary N) is 1. The molecule has 8 amide bonds. The Bertz CT molecular complexity index is 2660. The highest BCUT2D eigenvalue weighted by Crippen LogP contribution is 2.41. The van der Waals surface area contributed by atoms with Gasteiger partial charge in [-0.3, -0.25) is 38.5 Å². The van der Waals surface area contributed by atoms with Crippen molar-refractivity contribution in [1.82, 2.24) is 35.6 Å². The lowest BCUT2D eigenvalue weighted by atomic mass is 9.83. The molecule has 0 aliphatic carbocycles. The zero-order valence-corrected chi connectivity index (χ0v) is 48.0. The molecule has 2 aromatic carbocycles. The minimum atomic E-state index is -1.39. The molecule has 1 aliphatic heterocycles. The van der Waals surface area contributed by atoms with Gasteiger partial charge in [-0.25, -0.2) is 18.4 Å². The first-order chi connectivity index (χ1) is 38.8. The standard InChI is InChI=1S/C56H76F2N8O15S/c1-55(2,3)51(44-29-38(40-30-39(57)13-14-41(40)58)33-64(44)32-37-11-8-7-9-12-37)65(20-10-18-61-52(73)42(31-45(59)67)63-54(76)81-56(4,5)6)50(72)36-82-35-43(53(74)75)62-46(68)17-21-77-23-25-79-27-28-80-26-24-78-22-19-60-47(69)34-66-48(70)15-16-49(66)71/h7-9,11-16,29-30,33,42-43,51H,10,17-28,31-32,34-36H2,1-6H3,(H2,59,67)(H,60,69)(H,61,73)(H,62,68)(H,63,76)(H,74,75). The fourth-order valence-corrected chi connectivity index (χ4v) is 9.14. The summed E-state index contributed by atoms with van der Waals surface area (Å²) in [6.45, 7) is 12.1. The van der Waals surface area contributed by atoms with Crippen LogP contribution in [0.2, 0.25) is 0 Å². The van der Waals surface area contributed by atoms with Gasteiger partial charge in [0.15, 0.2) is 0 Å². The number of alkyl carbamates (subject to hydrolysis) is 1. The molecule has 450 valence electrons. The second kappa shape index (κ2) is 33.6. The van der Waals surface area contributed by atoms with Gasteiger partial charge in [0.05, 0.1) is 71.1 Å². The maximum Gasteiger partial charge on any atom is 0.408 e. The van der Waals surface area contributed by atoms with Crippen LogP contribution >= 0.6 is 11.8 Å². The lowest BCUT2D eigenvalue weighted by molar-refractivity contribution is -0.141. The molecule has 82 heavy (non-hydrogen) atoms. The van der Waals surface area contributed by atoms with E-state index in [0.717, 1.165) is 52.6 Å². The summed E-state index contributed by atoms with van der Waals surface area (Å²) in [6, 6.07) is 10.7. The molecule has 2 heterocycles. The van der Waals surface area contributed by atoms with Crippen LogP contribution in [0.25, 0.3) is 11.1 Å². The molecule has 0 saturated heterocycles. The molecule has 26 heteroatoms. The van der Waals surface area contributed by atoms with Crippen LogP contribution in [0.1, 0.15) is 78.1 Å². The van der Waals surface area contributed by atoms with Crippen LogP contribution in [-0.2, 0) is 68.6 Å². The van der Waals surface area contributed by atoms with Crippen molar-refractivity contribution < 1.29 is 80.7 Å². The normalized spacial score (nSPS) is 13.5. The number of carboxylic acid groups (broad SMARTS) is 1. The van der Waals surface area contributed by atoms with Crippen LogP contribution in [0.3, 0.4) is 0 Å². The topological polar surface area (TPSA) is 306 Å². The van der Waals surface area contributed by atoms with Crippen molar-refractivity contribution in [3.63, 3.8) is 0 Å². The van der Waals surface area contributed by atoms with Crippen LogP contribution in [-0.4, -0.2) is 181 Å². The van der Waals surface area contributed by atoms with Gasteiger partial charge in [-0.2, -0.15) is 0 Å². The van der Waals surface area contributed by atoms with Crippen molar-refractivity contribution in [3.8, 4) is 11.1 Å². The van der Waals surface area contributed by atoms with E-state index in [1.165, 1.54) is 0 Å². The Balaban J connectivity index is 1.33. The number of carbonyl (C=O) groups excluding carboxylic acids is 8. The first kappa shape index (κ1) is 67.2. The molecule has 7 N–H and O–H groups in total. The molecule has 0 saturated carbocycles. The van der Waals surface area contributed by atoms with E-state index in [0.29, 0.717) is 11.3 Å². The number of aliphatic carboxylic acids is 1. The maximum absolute atomic E-state index is 15.4. The number of aromatic nitrogens is 1. The van der Waals surface area contributed by atoms with Crippen molar-refractivity contribution in [2.45, 2.75) is 91.1 Å². The Morgan fingerprint density at radius 2 is 1.38 bits per heavy atom. The van der Waals surface area contributed by atoms with E-state index in [2.05, 4.69) is 21.3 Å². The minimum Gasteiger partial charge on any atom is -0.480 e. The number of nitrogens with one attached hydrogen (secondary N) is 4. The number of nitrogens with zero attached hydrogens (tertiary/aromatic N) is 3. The number of halogens is 2. The molecule has 0 spiro atoms. The lowest BCUT2D eigenvalue weighted by Crippen LogP contribution is -2.50. The molecule has 0 fully saturated rings. The number of thioether (sulfide) groups is 1. The summed E-state index contributed by atoms with van der Waals surface area (Å²) in [5.41, 5.74) is 5.51. The Labute approximate surface area is 479 Å². The first-order valence-electron chi connectivity index (χ1n) is 26.6. The number of hydrogen-bond acceptors (Lipinski definition) is 15. The van der Waals surface area contributed by atoms with Gasteiger partial charge in [0, 0.05) is 73.5 Å². The summed E-state index contributed by atoms with van der Waals surface area (Å²) in [5.74, 6) is -7.36. The quantitative estimate of drug-likeness (QED) is 0.0359. The molecule has 3 atom stereocenters. The second-order valence-corrected chi connectivity index (χ2v) is 21.9. The van der Waals surface area contributed by atoms with Crippen molar-refractivity contribution in [3.05, 3.63) is 95.8 Å². The number of benzene rings is 2. The third-order valence-corrected chi connectivity index (χ3v) is 12.9. The minimum absolute atomic E-state index is 0.00243. The Hall–Kier alpha value is -7.26. The molecule has 3 unspecified atom stereocenters. The fraction of sp³-hybridized carbons (Fsp3) is 0.518. The Morgan fingerprint density at radius 1 is 0.756 bits per heavy atom. The van der Waals surface area contributed by atoms with E-state index in [-0.39, 0.29) is 115 Å². The second-order valence-electron chi connectivity index (χ2n) is 20.9. The van der Waals surface area contributed by atoms with Crippen molar-refractivity contribution in [1.29, 1.82) is 0 Å². The number of ether oxygens (including phenoxy) is 5. The van der Waals surface area contributed by atoms with Crippen LogP contribution < -0.4 is 27.0 Å². The zero-order valence-electron chi connectivity index (χ0n) is 47.1. The highest BCUT2D eigenvalue weighted by molar-refractivity contribution is 8.00. The highest BCUT2D eigenvalue weighted by Gasteiger charge is 2.38. The predicted molar refractivity (Wildman–Crippen MR) is 297 cm³/mol. The van der Waals surface area contributed by atoms with E-state index in [9.17, 15) is 52.6 Å². The highest BCUT2D eigenvalue weighted by atomic mass is 32.2. The van der Waals surface area contributed by atoms with E-state index < -0.39 is 101 Å². The van der Waals surface area contributed by atoms with Gasteiger partial charge in [-0.15, -0.1) is 11.8 Å². The number of imide groups is 1. The van der Waals surface area contributed by atoms with Crippen LogP contribution in [0.5, 0.6) is 0 Å². The van der Waals surface area contributed by atoms with E-state index in [1.54, 1.807) is 37.9 Å². The van der Waals surface area contributed by atoms with Crippen LogP contribution in [0.15, 0.2) is 72.9 Å². The van der Waals surface area contributed by atoms with Gasteiger partial charge in [0.1, 0.15) is 35.9 Å². The summed E-state index contributed by atoms with van der Waals surface area (Å²) in [4.78, 5) is 115. The molecular formula is C56H76F2N8O15S. The van der Waals surface area contributed by atoms with Gasteiger partial charge < -0.3 is 65.3 Å². The average Bonchev–Trinajstić information content (AvgIpc) is 3.96. The number of primary amides is 1. The smallest absolute Gasteiger partial charge is 0.408 e. The van der Waals surface area contributed by atoms with Gasteiger partial charge in [0.2, 0.25) is 29.5 Å². The Kier molecular flexibility index (Phi) is 27.6. The molecule has 1 aliphatic rings. The fourth-order valence-electron chi connectivity index (χ4n) is 8.22.